The van der Waals surface area contributed by atoms with Crippen molar-refractivity contribution >= 4 is 17.5 Å². The molecule has 1 aliphatic heterocycles. The Hall–Kier alpha value is -1.26. The number of hydrogen-bond acceptors (Lipinski definition) is 3. The van der Waals surface area contributed by atoms with Gasteiger partial charge in [0.1, 0.15) is 5.75 Å². The zero-order chi connectivity index (χ0) is 15.5. The van der Waals surface area contributed by atoms with Crippen molar-refractivity contribution in [1.82, 2.24) is 9.80 Å². The molecule has 0 bridgehead atoms. The Kier molecular flexibility index (Phi) is 5.12. The second-order valence-corrected chi connectivity index (χ2v) is 6.72. The number of nitrogens with zero attached hydrogens (tertiary/aromatic N) is 2. The SMILES string of the molecule is CC(C)(C)N1CCN(C(=O)COc2ccc(Cl)cc2)CC1. The quantitative estimate of drug-likeness (QED) is 0.860. The number of rotatable bonds is 3. The van der Waals surface area contributed by atoms with Crippen LogP contribution in [-0.4, -0.2) is 54.0 Å². The van der Waals surface area contributed by atoms with Gasteiger partial charge in [0.05, 0.1) is 0 Å². The molecule has 1 heterocycles. The van der Waals surface area contributed by atoms with Gasteiger partial charge < -0.3 is 9.64 Å². The number of carbonyl (C=O) groups is 1. The minimum Gasteiger partial charge on any atom is -0.484 e. The Morgan fingerprint density at radius 1 is 1.14 bits per heavy atom. The number of ether oxygens (including phenoxy) is 1. The summed E-state index contributed by atoms with van der Waals surface area (Å²) >= 11 is 5.81. The number of halogens is 1. The Labute approximate surface area is 131 Å². The van der Waals surface area contributed by atoms with Crippen LogP contribution in [0.5, 0.6) is 5.75 Å². The molecule has 0 saturated carbocycles. The van der Waals surface area contributed by atoms with Crippen molar-refractivity contribution in [3.8, 4) is 5.75 Å². The molecule has 0 atom stereocenters. The lowest BCUT2D eigenvalue weighted by molar-refractivity contribution is -0.135. The number of amides is 1. The summed E-state index contributed by atoms with van der Waals surface area (Å²) in [5, 5.41) is 0.659. The average Bonchev–Trinajstić information content (AvgIpc) is 2.45. The van der Waals surface area contributed by atoms with E-state index in [0.29, 0.717) is 10.8 Å². The predicted molar refractivity (Wildman–Crippen MR) is 84.9 cm³/mol. The second-order valence-electron chi connectivity index (χ2n) is 6.28. The van der Waals surface area contributed by atoms with E-state index in [1.54, 1.807) is 24.3 Å². The van der Waals surface area contributed by atoms with Crippen molar-refractivity contribution in [3.63, 3.8) is 0 Å². The third kappa shape index (κ3) is 4.61. The summed E-state index contributed by atoms with van der Waals surface area (Å²) in [6, 6.07) is 7.05. The highest BCUT2D eigenvalue weighted by Gasteiger charge is 2.27. The first-order valence-corrected chi connectivity index (χ1v) is 7.65. The maximum atomic E-state index is 12.2. The van der Waals surface area contributed by atoms with Crippen molar-refractivity contribution in [3.05, 3.63) is 29.3 Å². The molecular weight excluding hydrogens is 288 g/mol. The highest BCUT2D eigenvalue weighted by atomic mass is 35.5. The van der Waals surface area contributed by atoms with Crippen LogP contribution in [0, 0.1) is 0 Å². The molecule has 0 N–H and O–H groups in total. The van der Waals surface area contributed by atoms with Crippen molar-refractivity contribution in [2.24, 2.45) is 0 Å². The fourth-order valence-electron chi connectivity index (χ4n) is 2.39. The fourth-order valence-corrected chi connectivity index (χ4v) is 2.52. The normalized spacial score (nSPS) is 16.9. The molecule has 0 spiro atoms. The Balaban J connectivity index is 1.78. The van der Waals surface area contributed by atoms with Crippen LogP contribution in [0.2, 0.25) is 5.02 Å². The molecule has 116 valence electrons. The molecular formula is C16H23ClN2O2. The molecule has 0 aliphatic carbocycles. The van der Waals surface area contributed by atoms with Crippen LogP contribution in [0.15, 0.2) is 24.3 Å². The minimum absolute atomic E-state index is 0.0403. The molecule has 1 aromatic carbocycles. The van der Waals surface area contributed by atoms with E-state index in [2.05, 4.69) is 25.7 Å². The van der Waals surface area contributed by atoms with Gasteiger partial charge in [-0.15, -0.1) is 0 Å². The first kappa shape index (κ1) is 16.1. The van der Waals surface area contributed by atoms with Gasteiger partial charge in [0.25, 0.3) is 5.91 Å². The maximum Gasteiger partial charge on any atom is 0.260 e. The molecule has 4 nitrogen and oxygen atoms in total. The van der Waals surface area contributed by atoms with E-state index in [9.17, 15) is 4.79 Å². The smallest absolute Gasteiger partial charge is 0.260 e. The van der Waals surface area contributed by atoms with E-state index in [1.165, 1.54) is 0 Å². The molecule has 5 heteroatoms. The van der Waals surface area contributed by atoms with E-state index in [0.717, 1.165) is 26.2 Å². The summed E-state index contributed by atoms with van der Waals surface area (Å²) in [6.07, 6.45) is 0. The Bertz CT molecular complexity index is 474. The molecule has 0 unspecified atom stereocenters. The number of hydrogen-bond donors (Lipinski definition) is 0. The van der Waals surface area contributed by atoms with Crippen LogP contribution in [0.1, 0.15) is 20.8 Å². The number of piperazine rings is 1. The van der Waals surface area contributed by atoms with Crippen LogP contribution in [-0.2, 0) is 4.79 Å². The Morgan fingerprint density at radius 2 is 1.71 bits per heavy atom. The first-order chi connectivity index (χ1) is 9.86. The monoisotopic (exact) mass is 310 g/mol. The second kappa shape index (κ2) is 6.67. The third-order valence-corrected chi connectivity index (χ3v) is 4.01. The highest BCUT2D eigenvalue weighted by molar-refractivity contribution is 6.30. The fraction of sp³-hybridized carbons (Fsp3) is 0.562. The zero-order valence-electron chi connectivity index (χ0n) is 12.9. The van der Waals surface area contributed by atoms with Crippen molar-refractivity contribution < 1.29 is 9.53 Å². The van der Waals surface area contributed by atoms with Crippen LogP contribution in [0.25, 0.3) is 0 Å². The Morgan fingerprint density at radius 3 is 2.24 bits per heavy atom. The van der Waals surface area contributed by atoms with Gasteiger partial charge in [-0.2, -0.15) is 0 Å². The molecule has 1 aromatic rings. The summed E-state index contributed by atoms with van der Waals surface area (Å²) < 4.78 is 5.51. The van der Waals surface area contributed by atoms with Crippen LogP contribution in [0.4, 0.5) is 0 Å². The van der Waals surface area contributed by atoms with Gasteiger partial charge in [-0.3, -0.25) is 9.69 Å². The van der Waals surface area contributed by atoms with Gasteiger partial charge in [0.15, 0.2) is 6.61 Å². The molecule has 1 amide bonds. The molecule has 2 rings (SSSR count). The highest BCUT2D eigenvalue weighted by Crippen LogP contribution is 2.17. The maximum absolute atomic E-state index is 12.2. The van der Waals surface area contributed by atoms with Crippen molar-refractivity contribution in [2.75, 3.05) is 32.8 Å². The van der Waals surface area contributed by atoms with E-state index >= 15 is 0 Å². The summed E-state index contributed by atoms with van der Waals surface area (Å²) in [7, 11) is 0. The van der Waals surface area contributed by atoms with E-state index in [-0.39, 0.29) is 18.1 Å². The summed E-state index contributed by atoms with van der Waals surface area (Å²) in [4.78, 5) is 16.4. The summed E-state index contributed by atoms with van der Waals surface area (Å²) in [5.74, 6) is 0.708. The van der Waals surface area contributed by atoms with Gasteiger partial charge in [0.2, 0.25) is 0 Å². The lowest BCUT2D eigenvalue weighted by Gasteiger charge is -2.42. The van der Waals surface area contributed by atoms with Crippen molar-refractivity contribution in [2.45, 2.75) is 26.3 Å². The molecule has 21 heavy (non-hydrogen) atoms. The van der Waals surface area contributed by atoms with Gasteiger partial charge >= 0.3 is 0 Å². The standard InChI is InChI=1S/C16H23ClN2O2/c1-16(2,3)19-10-8-18(9-11-19)15(20)12-21-14-6-4-13(17)5-7-14/h4-7H,8-12H2,1-3H3. The van der Waals surface area contributed by atoms with Gasteiger partial charge in [-0.1, -0.05) is 11.6 Å². The van der Waals surface area contributed by atoms with Crippen LogP contribution in [0.3, 0.4) is 0 Å². The van der Waals surface area contributed by atoms with E-state index in [4.69, 9.17) is 16.3 Å². The largest absolute Gasteiger partial charge is 0.484 e. The average molecular weight is 311 g/mol. The first-order valence-electron chi connectivity index (χ1n) is 7.27. The topological polar surface area (TPSA) is 32.8 Å². The van der Waals surface area contributed by atoms with E-state index in [1.807, 2.05) is 4.90 Å². The number of benzene rings is 1. The predicted octanol–water partition coefficient (Wildman–Crippen LogP) is 2.66. The molecule has 1 aliphatic rings. The number of carbonyl (C=O) groups excluding carboxylic acids is 1. The molecule has 0 aromatic heterocycles. The van der Waals surface area contributed by atoms with Gasteiger partial charge in [0, 0.05) is 36.7 Å². The van der Waals surface area contributed by atoms with Gasteiger partial charge in [-0.05, 0) is 45.0 Å². The lowest BCUT2D eigenvalue weighted by atomic mass is 10.1. The third-order valence-electron chi connectivity index (χ3n) is 3.76. The van der Waals surface area contributed by atoms with Crippen LogP contribution >= 0.6 is 11.6 Å². The zero-order valence-corrected chi connectivity index (χ0v) is 13.7. The summed E-state index contributed by atoms with van der Waals surface area (Å²) in [5.41, 5.74) is 0.162. The summed E-state index contributed by atoms with van der Waals surface area (Å²) in [6.45, 7) is 10.0. The van der Waals surface area contributed by atoms with Crippen molar-refractivity contribution in [1.29, 1.82) is 0 Å². The molecule has 1 fully saturated rings. The molecule has 1 saturated heterocycles. The lowest BCUT2D eigenvalue weighted by Crippen LogP contribution is -2.55. The van der Waals surface area contributed by atoms with E-state index < -0.39 is 0 Å². The molecule has 0 radical (unpaired) electrons. The van der Waals surface area contributed by atoms with Crippen LogP contribution < -0.4 is 4.74 Å². The minimum atomic E-state index is 0.0403. The van der Waals surface area contributed by atoms with Gasteiger partial charge in [-0.25, -0.2) is 0 Å².